The van der Waals surface area contributed by atoms with Crippen molar-refractivity contribution in [2.24, 2.45) is 0 Å². The van der Waals surface area contributed by atoms with Crippen LogP contribution in [-0.4, -0.2) is 19.7 Å². The Bertz CT molecular complexity index is 307. The Morgan fingerprint density at radius 3 is 2.87 bits per heavy atom. The van der Waals surface area contributed by atoms with Crippen LogP contribution in [0.3, 0.4) is 0 Å². The van der Waals surface area contributed by atoms with Crippen molar-refractivity contribution >= 4 is 15.9 Å². The summed E-state index contributed by atoms with van der Waals surface area (Å²) in [6.07, 6.45) is 1.10. The second kappa shape index (κ2) is 6.80. The van der Waals surface area contributed by atoms with E-state index in [1.165, 1.54) is 6.07 Å². The summed E-state index contributed by atoms with van der Waals surface area (Å²) in [7, 11) is 0. The first-order valence-electron chi connectivity index (χ1n) is 5.02. The Kier molecular flexibility index (Phi) is 5.65. The number of hydrogen-bond acceptors (Lipinski definition) is 2. The molecule has 0 atom stereocenters. The first kappa shape index (κ1) is 12.5. The largest absolute Gasteiger partial charge is 0.492 e. The summed E-state index contributed by atoms with van der Waals surface area (Å²) in [6, 6.07) is 4.76. The summed E-state index contributed by atoms with van der Waals surface area (Å²) in [6.45, 7) is 4.43. The molecule has 0 aromatic heterocycles. The van der Waals surface area contributed by atoms with Crippen LogP contribution in [0.4, 0.5) is 4.39 Å². The van der Waals surface area contributed by atoms with E-state index < -0.39 is 0 Å². The Morgan fingerprint density at radius 2 is 2.20 bits per heavy atom. The van der Waals surface area contributed by atoms with Crippen molar-refractivity contribution < 1.29 is 9.13 Å². The molecule has 0 fully saturated rings. The van der Waals surface area contributed by atoms with Gasteiger partial charge in [-0.15, -0.1) is 0 Å². The van der Waals surface area contributed by atoms with Crippen molar-refractivity contribution in [1.82, 2.24) is 5.32 Å². The summed E-state index contributed by atoms with van der Waals surface area (Å²) in [5, 5.41) is 3.20. The van der Waals surface area contributed by atoms with E-state index in [4.69, 9.17) is 4.74 Å². The molecule has 0 unspecified atom stereocenters. The molecule has 0 amide bonds. The lowest BCUT2D eigenvalue weighted by Crippen LogP contribution is -2.21. The molecule has 1 rings (SSSR count). The zero-order valence-corrected chi connectivity index (χ0v) is 10.3. The van der Waals surface area contributed by atoms with E-state index in [1.807, 2.05) is 0 Å². The minimum Gasteiger partial charge on any atom is -0.492 e. The van der Waals surface area contributed by atoms with E-state index in [1.54, 1.807) is 12.1 Å². The molecule has 2 nitrogen and oxygen atoms in total. The maximum atomic E-state index is 13.1. The fraction of sp³-hybridized carbons (Fsp3) is 0.455. The molecule has 0 aliphatic heterocycles. The van der Waals surface area contributed by atoms with E-state index in [-0.39, 0.29) is 5.82 Å². The molecule has 0 aliphatic rings. The van der Waals surface area contributed by atoms with E-state index in [0.29, 0.717) is 16.8 Å². The molecule has 0 aliphatic carbocycles. The SMILES string of the molecule is CCCNCCOc1ccc(Br)c(F)c1. The topological polar surface area (TPSA) is 21.3 Å². The van der Waals surface area contributed by atoms with E-state index in [2.05, 4.69) is 28.2 Å². The van der Waals surface area contributed by atoms with E-state index in [0.717, 1.165) is 19.5 Å². The van der Waals surface area contributed by atoms with Gasteiger partial charge in [0.2, 0.25) is 0 Å². The smallest absolute Gasteiger partial charge is 0.141 e. The minimum atomic E-state index is -0.297. The van der Waals surface area contributed by atoms with Gasteiger partial charge in [-0.05, 0) is 41.0 Å². The van der Waals surface area contributed by atoms with Crippen LogP contribution in [0.2, 0.25) is 0 Å². The zero-order chi connectivity index (χ0) is 11.1. The Labute approximate surface area is 98.0 Å². The Hall–Kier alpha value is -0.610. The van der Waals surface area contributed by atoms with Crippen LogP contribution in [0.25, 0.3) is 0 Å². The highest BCUT2D eigenvalue weighted by molar-refractivity contribution is 9.10. The van der Waals surface area contributed by atoms with E-state index >= 15 is 0 Å². The first-order valence-corrected chi connectivity index (χ1v) is 5.82. The molecule has 84 valence electrons. The van der Waals surface area contributed by atoms with Crippen molar-refractivity contribution in [1.29, 1.82) is 0 Å². The van der Waals surface area contributed by atoms with Gasteiger partial charge in [0.05, 0.1) is 4.47 Å². The molecular formula is C11H15BrFNO. The Morgan fingerprint density at radius 1 is 1.40 bits per heavy atom. The number of benzene rings is 1. The molecule has 0 spiro atoms. The summed E-state index contributed by atoms with van der Waals surface area (Å²) >= 11 is 3.09. The lowest BCUT2D eigenvalue weighted by molar-refractivity contribution is 0.312. The third-order valence-electron chi connectivity index (χ3n) is 1.87. The summed E-state index contributed by atoms with van der Waals surface area (Å²) in [5.41, 5.74) is 0. The minimum absolute atomic E-state index is 0.297. The lowest BCUT2D eigenvalue weighted by Gasteiger charge is -2.07. The number of hydrogen-bond donors (Lipinski definition) is 1. The van der Waals surface area contributed by atoms with Crippen molar-refractivity contribution in [2.75, 3.05) is 19.7 Å². The average Bonchev–Trinajstić information content (AvgIpc) is 2.23. The maximum Gasteiger partial charge on any atom is 0.141 e. The molecule has 1 aromatic rings. The summed E-state index contributed by atoms with van der Waals surface area (Å²) in [5.74, 6) is 0.267. The van der Waals surface area contributed by atoms with Crippen LogP contribution in [0.1, 0.15) is 13.3 Å². The van der Waals surface area contributed by atoms with Crippen LogP contribution in [-0.2, 0) is 0 Å². The van der Waals surface area contributed by atoms with Gasteiger partial charge in [0.25, 0.3) is 0 Å². The zero-order valence-electron chi connectivity index (χ0n) is 8.72. The summed E-state index contributed by atoms with van der Waals surface area (Å²) in [4.78, 5) is 0. The molecule has 4 heteroatoms. The second-order valence-electron chi connectivity index (χ2n) is 3.17. The highest BCUT2D eigenvalue weighted by Gasteiger charge is 2.00. The van der Waals surface area contributed by atoms with Crippen molar-refractivity contribution in [3.63, 3.8) is 0 Å². The highest BCUT2D eigenvalue weighted by atomic mass is 79.9. The van der Waals surface area contributed by atoms with Gasteiger partial charge in [0.15, 0.2) is 0 Å². The van der Waals surface area contributed by atoms with E-state index in [9.17, 15) is 4.39 Å². The van der Waals surface area contributed by atoms with Gasteiger partial charge in [-0.25, -0.2) is 4.39 Å². The van der Waals surface area contributed by atoms with Crippen molar-refractivity contribution in [3.8, 4) is 5.75 Å². The van der Waals surface area contributed by atoms with Gasteiger partial charge in [-0.3, -0.25) is 0 Å². The molecule has 0 bridgehead atoms. The van der Waals surface area contributed by atoms with Crippen LogP contribution in [0.5, 0.6) is 5.75 Å². The number of halogens is 2. The third kappa shape index (κ3) is 4.62. The highest BCUT2D eigenvalue weighted by Crippen LogP contribution is 2.20. The monoisotopic (exact) mass is 275 g/mol. The fourth-order valence-electron chi connectivity index (χ4n) is 1.11. The molecule has 0 radical (unpaired) electrons. The molecular weight excluding hydrogens is 261 g/mol. The first-order chi connectivity index (χ1) is 7.24. The third-order valence-corrected chi connectivity index (χ3v) is 2.51. The van der Waals surface area contributed by atoms with Crippen LogP contribution in [0.15, 0.2) is 22.7 Å². The number of nitrogens with one attached hydrogen (secondary N) is 1. The second-order valence-corrected chi connectivity index (χ2v) is 4.03. The molecule has 15 heavy (non-hydrogen) atoms. The van der Waals surface area contributed by atoms with Gasteiger partial charge in [0, 0.05) is 12.6 Å². The fourth-order valence-corrected chi connectivity index (χ4v) is 1.36. The van der Waals surface area contributed by atoms with Crippen molar-refractivity contribution in [2.45, 2.75) is 13.3 Å². The van der Waals surface area contributed by atoms with Crippen LogP contribution >= 0.6 is 15.9 Å². The molecule has 1 aromatic carbocycles. The lowest BCUT2D eigenvalue weighted by atomic mass is 10.3. The Balaban J connectivity index is 2.28. The van der Waals surface area contributed by atoms with Crippen LogP contribution in [0, 0.1) is 5.82 Å². The quantitative estimate of drug-likeness (QED) is 0.806. The molecule has 0 heterocycles. The average molecular weight is 276 g/mol. The predicted molar refractivity (Wildman–Crippen MR) is 62.8 cm³/mol. The van der Waals surface area contributed by atoms with Gasteiger partial charge >= 0.3 is 0 Å². The normalized spacial score (nSPS) is 10.3. The molecule has 0 saturated carbocycles. The summed E-state index contributed by atoms with van der Waals surface area (Å²) < 4.78 is 18.9. The van der Waals surface area contributed by atoms with Gasteiger partial charge in [-0.2, -0.15) is 0 Å². The van der Waals surface area contributed by atoms with Crippen LogP contribution < -0.4 is 10.1 Å². The number of rotatable bonds is 6. The molecule has 1 N–H and O–H groups in total. The van der Waals surface area contributed by atoms with Gasteiger partial charge in [0.1, 0.15) is 18.2 Å². The van der Waals surface area contributed by atoms with Crippen molar-refractivity contribution in [3.05, 3.63) is 28.5 Å². The maximum absolute atomic E-state index is 13.1. The predicted octanol–water partition coefficient (Wildman–Crippen LogP) is 2.97. The standard InChI is InChI=1S/C11H15BrFNO/c1-2-5-14-6-7-15-9-3-4-10(12)11(13)8-9/h3-4,8,14H,2,5-7H2,1H3. The van der Waals surface area contributed by atoms with Gasteiger partial charge < -0.3 is 10.1 Å². The molecule has 0 saturated heterocycles. The van der Waals surface area contributed by atoms with Gasteiger partial charge in [-0.1, -0.05) is 6.92 Å². The number of ether oxygens (including phenoxy) is 1.